The smallest absolute Gasteiger partial charge is 0.254 e. The van der Waals surface area contributed by atoms with Crippen molar-refractivity contribution < 1.29 is 9.18 Å². The summed E-state index contributed by atoms with van der Waals surface area (Å²) in [7, 11) is 1.71. The molecule has 0 spiro atoms. The van der Waals surface area contributed by atoms with Crippen molar-refractivity contribution in [1.82, 2.24) is 20.1 Å². The third-order valence-electron chi connectivity index (χ3n) is 5.34. The van der Waals surface area contributed by atoms with Crippen LogP contribution in [0.25, 0.3) is 11.3 Å². The molecule has 6 nitrogen and oxygen atoms in total. The van der Waals surface area contributed by atoms with E-state index in [1.807, 2.05) is 0 Å². The molecule has 0 unspecified atom stereocenters. The molecule has 2 heterocycles. The normalized spacial score (nSPS) is 13.6. The van der Waals surface area contributed by atoms with Gasteiger partial charge in [-0.15, -0.1) is 0 Å². The molecule has 0 atom stereocenters. The summed E-state index contributed by atoms with van der Waals surface area (Å²) in [5.74, 6) is -0.409. The van der Waals surface area contributed by atoms with E-state index in [-0.39, 0.29) is 11.5 Å². The Labute approximate surface area is 169 Å². The molecule has 0 bridgehead atoms. The molecule has 3 N–H and O–H groups in total. The highest BCUT2D eigenvalue weighted by Gasteiger charge is 2.20. The zero-order valence-corrected chi connectivity index (χ0v) is 16.4. The number of carbonyl (C=O) groups excluding carboxylic acids is 1. The summed E-state index contributed by atoms with van der Waals surface area (Å²) in [6.45, 7) is 0.382. The van der Waals surface area contributed by atoms with Crippen molar-refractivity contribution in [3.63, 3.8) is 0 Å². The van der Waals surface area contributed by atoms with Crippen molar-refractivity contribution in [1.29, 1.82) is 0 Å². The molecule has 3 aromatic rings. The standard InChI is InChI=1S/C22H24FN5O/c1-28(13-20-17-6-3-2-4-7-19(17)26-27-20)22(29)15-10-14(11-16(23)12-15)18-8-5-9-21(24)25-18/h5,8-12H,2-4,6-7,13H2,1H3,(H2,24,25)(H,26,27). The van der Waals surface area contributed by atoms with Gasteiger partial charge in [-0.25, -0.2) is 9.37 Å². The molecule has 150 valence electrons. The number of aromatic amines is 1. The third kappa shape index (κ3) is 4.13. The Kier molecular flexibility index (Phi) is 5.29. The quantitative estimate of drug-likeness (QED) is 0.661. The van der Waals surface area contributed by atoms with E-state index in [0.717, 1.165) is 31.4 Å². The molecule has 0 saturated carbocycles. The number of hydrogen-bond acceptors (Lipinski definition) is 4. The molecular formula is C22H24FN5O. The van der Waals surface area contributed by atoms with Crippen molar-refractivity contribution in [3.8, 4) is 11.3 Å². The van der Waals surface area contributed by atoms with Gasteiger partial charge in [0.05, 0.1) is 17.9 Å². The summed E-state index contributed by atoms with van der Waals surface area (Å²) in [5.41, 5.74) is 10.4. The number of aromatic nitrogens is 3. The van der Waals surface area contributed by atoms with Crippen LogP contribution < -0.4 is 5.73 Å². The molecule has 2 aromatic heterocycles. The number of benzene rings is 1. The van der Waals surface area contributed by atoms with E-state index >= 15 is 0 Å². The maximum absolute atomic E-state index is 14.2. The third-order valence-corrected chi connectivity index (χ3v) is 5.34. The lowest BCUT2D eigenvalue weighted by Gasteiger charge is -2.17. The second-order valence-corrected chi connectivity index (χ2v) is 7.53. The van der Waals surface area contributed by atoms with Crippen LogP contribution in [-0.2, 0) is 19.4 Å². The van der Waals surface area contributed by atoms with Crippen molar-refractivity contribution in [3.05, 3.63) is 64.7 Å². The molecule has 1 aliphatic rings. The minimum absolute atomic E-state index is 0.264. The highest BCUT2D eigenvalue weighted by Crippen LogP contribution is 2.24. The molecule has 0 aliphatic heterocycles. The Balaban J connectivity index is 1.57. The van der Waals surface area contributed by atoms with Gasteiger partial charge in [0.1, 0.15) is 11.6 Å². The molecule has 29 heavy (non-hydrogen) atoms. The molecule has 0 saturated heterocycles. The lowest BCUT2D eigenvalue weighted by Crippen LogP contribution is -2.27. The van der Waals surface area contributed by atoms with Gasteiger partial charge in [-0.3, -0.25) is 9.89 Å². The van der Waals surface area contributed by atoms with Gasteiger partial charge in [-0.05, 0) is 61.6 Å². The number of carbonyl (C=O) groups is 1. The van der Waals surface area contributed by atoms with Crippen LogP contribution in [-0.4, -0.2) is 33.0 Å². The fourth-order valence-corrected chi connectivity index (χ4v) is 3.85. The Morgan fingerprint density at radius 1 is 1.21 bits per heavy atom. The number of nitrogens with one attached hydrogen (secondary N) is 1. The molecule has 1 aromatic carbocycles. The SMILES string of the molecule is CN(Cc1n[nH]c2c1CCCCC2)C(=O)c1cc(F)cc(-c2cccc(N)n2)c1. The fourth-order valence-electron chi connectivity index (χ4n) is 3.85. The number of aryl methyl sites for hydroxylation is 1. The van der Waals surface area contributed by atoms with Crippen molar-refractivity contribution in [2.24, 2.45) is 0 Å². The average molecular weight is 393 g/mol. The average Bonchev–Trinajstić information content (AvgIpc) is 2.93. The number of rotatable bonds is 4. The van der Waals surface area contributed by atoms with E-state index in [0.29, 0.717) is 23.6 Å². The summed E-state index contributed by atoms with van der Waals surface area (Å²) < 4.78 is 14.2. The van der Waals surface area contributed by atoms with Gasteiger partial charge in [0, 0.05) is 23.9 Å². The van der Waals surface area contributed by atoms with Crippen LogP contribution in [0.4, 0.5) is 10.2 Å². The first-order valence-electron chi connectivity index (χ1n) is 9.85. The highest BCUT2D eigenvalue weighted by atomic mass is 19.1. The Morgan fingerprint density at radius 3 is 2.86 bits per heavy atom. The first-order chi connectivity index (χ1) is 14.0. The summed E-state index contributed by atoms with van der Waals surface area (Å²) in [6, 6.07) is 9.40. The van der Waals surface area contributed by atoms with E-state index in [1.165, 1.54) is 29.8 Å². The number of nitrogens with zero attached hydrogens (tertiary/aromatic N) is 3. The minimum Gasteiger partial charge on any atom is -0.384 e. The largest absolute Gasteiger partial charge is 0.384 e. The number of pyridine rings is 1. The van der Waals surface area contributed by atoms with Crippen molar-refractivity contribution >= 4 is 11.7 Å². The van der Waals surface area contributed by atoms with Crippen LogP contribution in [0.15, 0.2) is 36.4 Å². The Morgan fingerprint density at radius 2 is 2.03 bits per heavy atom. The molecule has 4 rings (SSSR count). The number of anilines is 1. The predicted octanol–water partition coefficient (Wildman–Crippen LogP) is 3.73. The number of nitrogen functional groups attached to an aromatic ring is 1. The lowest BCUT2D eigenvalue weighted by atomic mass is 10.1. The van der Waals surface area contributed by atoms with E-state index in [4.69, 9.17) is 5.73 Å². The fraction of sp³-hybridized carbons (Fsp3) is 0.318. The van der Waals surface area contributed by atoms with Crippen LogP contribution >= 0.6 is 0 Å². The van der Waals surface area contributed by atoms with Gasteiger partial charge < -0.3 is 10.6 Å². The van der Waals surface area contributed by atoms with Crippen molar-refractivity contribution in [2.75, 3.05) is 12.8 Å². The summed E-state index contributed by atoms with van der Waals surface area (Å²) >= 11 is 0. The number of hydrogen-bond donors (Lipinski definition) is 2. The van der Waals surface area contributed by atoms with Gasteiger partial charge in [0.15, 0.2) is 0 Å². The predicted molar refractivity (Wildman–Crippen MR) is 110 cm³/mol. The summed E-state index contributed by atoms with van der Waals surface area (Å²) in [5, 5.41) is 7.56. The molecule has 0 fully saturated rings. The first kappa shape index (κ1) is 19.1. The van der Waals surface area contributed by atoms with Gasteiger partial charge in [-0.2, -0.15) is 5.10 Å². The maximum atomic E-state index is 14.2. The molecular weight excluding hydrogens is 369 g/mol. The van der Waals surface area contributed by atoms with Gasteiger partial charge in [-0.1, -0.05) is 12.5 Å². The molecule has 7 heteroatoms. The van der Waals surface area contributed by atoms with E-state index < -0.39 is 5.82 Å². The number of nitrogens with two attached hydrogens (primary N) is 1. The van der Waals surface area contributed by atoms with Crippen LogP contribution in [0.1, 0.15) is 46.6 Å². The first-order valence-corrected chi connectivity index (χ1v) is 9.85. The maximum Gasteiger partial charge on any atom is 0.254 e. The van der Waals surface area contributed by atoms with E-state index in [1.54, 1.807) is 36.2 Å². The number of fused-ring (bicyclic) bond motifs is 1. The molecule has 1 aliphatic carbocycles. The second-order valence-electron chi connectivity index (χ2n) is 7.53. The minimum atomic E-state index is -0.489. The van der Waals surface area contributed by atoms with E-state index in [9.17, 15) is 9.18 Å². The number of H-pyrrole nitrogens is 1. The van der Waals surface area contributed by atoms with E-state index in [2.05, 4.69) is 15.2 Å². The van der Waals surface area contributed by atoms with Crippen LogP contribution in [0.2, 0.25) is 0 Å². The number of halogens is 1. The van der Waals surface area contributed by atoms with Crippen molar-refractivity contribution in [2.45, 2.75) is 38.6 Å². The van der Waals surface area contributed by atoms with Crippen LogP contribution in [0.3, 0.4) is 0 Å². The molecule has 1 amide bonds. The zero-order valence-electron chi connectivity index (χ0n) is 16.4. The van der Waals surface area contributed by atoms with Gasteiger partial charge in [0.25, 0.3) is 5.91 Å². The number of amides is 1. The summed E-state index contributed by atoms with van der Waals surface area (Å²) in [6.07, 6.45) is 5.49. The topological polar surface area (TPSA) is 87.9 Å². The summed E-state index contributed by atoms with van der Waals surface area (Å²) in [4.78, 5) is 18.8. The Bertz CT molecular complexity index is 1050. The van der Waals surface area contributed by atoms with Gasteiger partial charge in [0.2, 0.25) is 0 Å². The Hall–Kier alpha value is -3.22. The monoisotopic (exact) mass is 393 g/mol. The van der Waals surface area contributed by atoms with Crippen LogP contribution in [0.5, 0.6) is 0 Å². The van der Waals surface area contributed by atoms with Gasteiger partial charge >= 0.3 is 0 Å². The van der Waals surface area contributed by atoms with Crippen LogP contribution in [0, 0.1) is 5.82 Å². The molecule has 0 radical (unpaired) electrons. The second kappa shape index (κ2) is 8.03. The lowest BCUT2D eigenvalue weighted by molar-refractivity contribution is 0.0782. The zero-order chi connectivity index (χ0) is 20.4. The highest BCUT2D eigenvalue weighted by molar-refractivity contribution is 5.95.